The number of morpholine rings is 1. The van der Waals surface area contributed by atoms with Crippen LogP contribution in [0.15, 0.2) is 18.2 Å². The summed E-state index contributed by atoms with van der Waals surface area (Å²) in [4.78, 5) is 19.9. The molecule has 4 aliphatic heterocycles. The normalized spacial score (nSPS) is 26.5. The van der Waals surface area contributed by atoms with Crippen molar-refractivity contribution in [1.29, 1.82) is 0 Å². The predicted molar refractivity (Wildman–Crippen MR) is 125 cm³/mol. The first kappa shape index (κ1) is 21.7. The van der Waals surface area contributed by atoms with Gasteiger partial charge in [-0.3, -0.25) is 9.69 Å². The van der Waals surface area contributed by atoms with Gasteiger partial charge in [-0.05, 0) is 43.9 Å². The van der Waals surface area contributed by atoms with E-state index in [1.54, 1.807) is 0 Å². The molecule has 4 heterocycles. The second-order valence-electron chi connectivity index (χ2n) is 10.4. The highest BCUT2D eigenvalue weighted by molar-refractivity contribution is 5.79. The molecule has 7 nitrogen and oxygen atoms in total. The molecule has 0 bridgehead atoms. The summed E-state index contributed by atoms with van der Waals surface area (Å²) in [5, 5.41) is 0. The monoisotopic (exact) mass is 455 g/mol. The van der Waals surface area contributed by atoms with Crippen molar-refractivity contribution in [3.05, 3.63) is 23.8 Å². The SMILES string of the molecule is O=C(C1CCN(c2ccc3c(c2)COC2(CCN(C4CCC4)CC2)O3)CC1)N1CCOCC1. The molecule has 0 N–H and O–H groups in total. The molecule has 0 radical (unpaired) electrons. The molecule has 0 atom stereocenters. The zero-order chi connectivity index (χ0) is 22.3. The molecule has 1 amide bonds. The van der Waals surface area contributed by atoms with E-state index in [0.717, 1.165) is 82.3 Å². The lowest BCUT2D eigenvalue weighted by Gasteiger charge is -2.47. The summed E-state index contributed by atoms with van der Waals surface area (Å²) in [6.07, 6.45) is 7.85. The Morgan fingerprint density at radius 2 is 1.70 bits per heavy atom. The number of carbonyl (C=O) groups is 1. The largest absolute Gasteiger partial charge is 0.462 e. The summed E-state index contributed by atoms with van der Waals surface area (Å²) in [5.74, 6) is 1.01. The smallest absolute Gasteiger partial charge is 0.225 e. The van der Waals surface area contributed by atoms with Crippen LogP contribution in [0, 0.1) is 5.92 Å². The Bertz CT molecular complexity index is 851. The Morgan fingerprint density at radius 3 is 2.39 bits per heavy atom. The minimum atomic E-state index is -0.438. The first-order valence-corrected chi connectivity index (χ1v) is 13.0. The highest BCUT2D eigenvalue weighted by Crippen LogP contribution is 2.40. The lowest BCUT2D eigenvalue weighted by atomic mass is 9.89. The van der Waals surface area contributed by atoms with Gasteiger partial charge >= 0.3 is 0 Å². The number of carbonyl (C=O) groups excluding carboxylic acids is 1. The molecule has 180 valence electrons. The third-order valence-corrected chi connectivity index (χ3v) is 8.51. The number of piperidine rings is 2. The van der Waals surface area contributed by atoms with Crippen molar-refractivity contribution in [1.82, 2.24) is 9.80 Å². The molecule has 33 heavy (non-hydrogen) atoms. The quantitative estimate of drug-likeness (QED) is 0.699. The van der Waals surface area contributed by atoms with E-state index in [1.807, 2.05) is 4.90 Å². The number of hydrogen-bond donors (Lipinski definition) is 0. The molecule has 3 saturated heterocycles. The molecule has 4 fully saturated rings. The summed E-state index contributed by atoms with van der Waals surface area (Å²) < 4.78 is 18.2. The van der Waals surface area contributed by atoms with Crippen LogP contribution in [0.1, 0.15) is 50.5 Å². The van der Waals surface area contributed by atoms with Crippen LogP contribution in [0.25, 0.3) is 0 Å². The summed E-state index contributed by atoms with van der Waals surface area (Å²) in [6.45, 7) is 7.44. The van der Waals surface area contributed by atoms with Gasteiger partial charge in [-0.2, -0.15) is 0 Å². The highest BCUT2D eigenvalue weighted by Gasteiger charge is 2.43. The second kappa shape index (κ2) is 9.08. The molecule has 1 aromatic rings. The van der Waals surface area contributed by atoms with Crippen molar-refractivity contribution in [3.63, 3.8) is 0 Å². The number of fused-ring (bicyclic) bond motifs is 1. The average Bonchev–Trinajstić information content (AvgIpc) is 2.84. The zero-order valence-electron chi connectivity index (χ0n) is 19.7. The average molecular weight is 456 g/mol. The van der Waals surface area contributed by atoms with Crippen molar-refractivity contribution in [2.24, 2.45) is 5.92 Å². The molecular formula is C26H37N3O4. The topological polar surface area (TPSA) is 54.5 Å². The predicted octanol–water partition coefficient (Wildman–Crippen LogP) is 3.02. The Morgan fingerprint density at radius 1 is 0.939 bits per heavy atom. The van der Waals surface area contributed by atoms with Crippen molar-refractivity contribution < 1.29 is 19.0 Å². The number of likely N-dealkylation sites (tertiary alicyclic amines) is 1. The number of amides is 1. The number of anilines is 1. The molecule has 0 unspecified atom stereocenters. The molecule has 1 saturated carbocycles. The van der Waals surface area contributed by atoms with E-state index in [9.17, 15) is 4.79 Å². The van der Waals surface area contributed by atoms with Crippen LogP contribution in [0.5, 0.6) is 5.75 Å². The van der Waals surface area contributed by atoms with Crippen LogP contribution in [-0.2, 0) is 20.9 Å². The van der Waals surface area contributed by atoms with Gasteiger partial charge in [0.25, 0.3) is 0 Å². The molecule has 6 rings (SSSR count). The van der Waals surface area contributed by atoms with E-state index in [4.69, 9.17) is 14.2 Å². The Labute approximate surface area is 196 Å². The van der Waals surface area contributed by atoms with Gasteiger partial charge in [0.2, 0.25) is 11.7 Å². The molecule has 1 spiro atoms. The Kier molecular flexibility index (Phi) is 5.97. The first-order chi connectivity index (χ1) is 16.2. The van der Waals surface area contributed by atoms with E-state index in [2.05, 4.69) is 28.0 Å². The van der Waals surface area contributed by atoms with Crippen LogP contribution in [0.3, 0.4) is 0 Å². The lowest BCUT2D eigenvalue weighted by Crippen LogP contribution is -2.54. The van der Waals surface area contributed by atoms with Gasteiger partial charge < -0.3 is 24.0 Å². The standard InChI is InChI=1S/C26H37N3O4/c30-25(29-14-16-31-17-15-29)20-6-10-27(11-7-20)23-4-5-24-21(18-23)19-32-26(33-24)8-12-28(13-9-26)22-2-1-3-22/h4-5,18,20,22H,1-3,6-17,19H2. The van der Waals surface area contributed by atoms with E-state index in [0.29, 0.717) is 25.7 Å². The van der Waals surface area contributed by atoms with Gasteiger partial charge in [-0.15, -0.1) is 0 Å². The summed E-state index contributed by atoms with van der Waals surface area (Å²) >= 11 is 0. The van der Waals surface area contributed by atoms with Gasteiger partial charge in [0.15, 0.2) is 0 Å². The van der Waals surface area contributed by atoms with Crippen molar-refractivity contribution in [3.8, 4) is 5.75 Å². The van der Waals surface area contributed by atoms with E-state index < -0.39 is 5.79 Å². The van der Waals surface area contributed by atoms with Gasteiger partial charge in [0.1, 0.15) is 5.75 Å². The highest BCUT2D eigenvalue weighted by atomic mass is 16.7. The molecule has 1 aliphatic carbocycles. The maximum atomic E-state index is 12.8. The zero-order valence-corrected chi connectivity index (χ0v) is 19.7. The van der Waals surface area contributed by atoms with Gasteiger partial charge in [-0.1, -0.05) is 6.42 Å². The van der Waals surface area contributed by atoms with Gasteiger partial charge in [0.05, 0.1) is 19.8 Å². The molecular weight excluding hydrogens is 418 g/mol. The maximum Gasteiger partial charge on any atom is 0.225 e. The third-order valence-electron chi connectivity index (χ3n) is 8.51. The van der Waals surface area contributed by atoms with Crippen LogP contribution < -0.4 is 9.64 Å². The number of benzene rings is 1. The minimum Gasteiger partial charge on any atom is -0.462 e. The lowest BCUT2D eigenvalue weighted by molar-refractivity contribution is -0.231. The van der Waals surface area contributed by atoms with Gasteiger partial charge in [0, 0.05) is 75.3 Å². The van der Waals surface area contributed by atoms with Crippen molar-refractivity contribution >= 4 is 11.6 Å². The fraction of sp³-hybridized carbons (Fsp3) is 0.731. The summed E-state index contributed by atoms with van der Waals surface area (Å²) in [7, 11) is 0. The van der Waals surface area contributed by atoms with Gasteiger partial charge in [-0.25, -0.2) is 0 Å². The number of nitrogens with zero attached hydrogens (tertiary/aromatic N) is 3. The van der Waals surface area contributed by atoms with Crippen LogP contribution in [0.4, 0.5) is 5.69 Å². The first-order valence-electron chi connectivity index (χ1n) is 13.0. The molecule has 5 aliphatic rings. The number of ether oxygens (including phenoxy) is 3. The number of hydrogen-bond acceptors (Lipinski definition) is 6. The van der Waals surface area contributed by atoms with E-state index in [1.165, 1.54) is 24.9 Å². The summed E-state index contributed by atoms with van der Waals surface area (Å²) in [5.41, 5.74) is 2.36. The Balaban J connectivity index is 1.04. The van der Waals surface area contributed by atoms with Crippen molar-refractivity contribution in [2.45, 2.75) is 63.4 Å². The van der Waals surface area contributed by atoms with Crippen LogP contribution >= 0.6 is 0 Å². The summed E-state index contributed by atoms with van der Waals surface area (Å²) in [6, 6.07) is 7.36. The van der Waals surface area contributed by atoms with Crippen LogP contribution in [0.2, 0.25) is 0 Å². The Hall–Kier alpha value is -1.83. The minimum absolute atomic E-state index is 0.148. The molecule has 1 aromatic carbocycles. The second-order valence-corrected chi connectivity index (χ2v) is 10.4. The molecule has 0 aromatic heterocycles. The maximum absolute atomic E-state index is 12.8. The fourth-order valence-electron chi connectivity index (χ4n) is 6.07. The van der Waals surface area contributed by atoms with E-state index >= 15 is 0 Å². The van der Waals surface area contributed by atoms with Crippen LogP contribution in [-0.4, -0.2) is 80.0 Å². The third kappa shape index (κ3) is 4.35. The van der Waals surface area contributed by atoms with E-state index in [-0.39, 0.29) is 5.92 Å². The molecule has 7 heteroatoms. The number of rotatable bonds is 3. The fourth-order valence-corrected chi connectivity index (χ4v) is 6.07. The van der Waals surface area contributed by atoms with Crippen molar-refractivity contribution in [2.75, 3.05) is 57.4 Å².